The summed E-state index contributed by atoms with van der Waals surface area (Å²) in [6.07, 6.45) is 3.09. The fourth-order valence-electron chi connectivity index (χ4n) is 1.52. The lowest BCUT2D eigenvalue weighted by Gasteiger charge is -1.99. The number of aromatic nitrogens is 2. The van der Waals surface area contributed by atoms with Crippen LogP contribution in [-0.2, 0) is 4.84 Å². The topological polar surface area (TPSA) is 92.4 Å². The zero-order chi connectivity index (χ0) is 15.8. The van der Waals surface area contributed by atoms with Crippen LogP contribution >= 0.6 is 11.3 Å². The normalized spacial score (nSPS) is 11.4. The highest BCUT2D eigenvalue weighted by Crippen LogP contribution is 2.26. The highest BCUT2D eigenvalue weighted by molar-refractivity contribution is 7.16. The van der Waals surface area contributed by atoms with Crippen molar-refractivity contribution in [2.24, 2.45) is 4.99 Å². The Bertz CT molecular complexity index is 716. The van der Waals surface area contributed by atoms with E-state index in [2.05, 4.69) is 31.6 Å². The fourth-order valence-corrected chi connectivity index (χ4v) is 2.18. The first-order valence-electron chi connectivity index (χ1n) is 6.17. The van der Waals surface area contributed by atoms with Crippen LogP contribution in [0.5, 0.6) is 5.75 Å². The quantitative estimate of drug-likeness (QED) is 0.381. The molecule has 8 heteroatoms. The molecule has 0 fully saturated rings. The van der Waals surface area contributed by atoms with Gasteiger partial charge in [-0.25, -0.2) is 4.99 Å². The molecule has 0 aliphatic heterocycles. The van der Waals surface area contributed by atoms with E-state index in [4.69, 9.17) is 4.74 Å². The molecule has 0 aliphatic rings. The van der Waals surface area contributed by atoms with Crippen LogP contribution < -0.4 is 10.2 Å². The fraction of sp³-hybridized carbons (Fsp3) is 0.143. The zero-order valence-electron chi connectivity index (χ0n) is 12.0. The number of hydroxylamine groups is 1. The predicted molar refractivity (Wildman–Crippen MR) is 84.7 cm³/mol. The lowest BCUT2D eigenvalue weighted by Crippen LogP contribution is -2.06. The molecule has 1 aromatic heterocycles. The van der Waals surface area contributed by atoms with Crippen molar-refractivity contribution in [2.45, 2.75) is 0 Å². The third-order valence-corrected chi connectivity index (χ3v) is 3.40. The molecule has 0 saturated carbocycles. The van der Waals surface area contributed by atoms with Gasteiger partial charge < -0.3 is 4.74 Å². The van der Waals surface area contributed by atoms with Crippen LogP contribution in [0.4, 0.5) is 5.13 Å². The smallest absolute Gasteiger partial charge is 0.233 e. The minimum atomic E-state index is 0.420. The highest BCUT2D eigenvalue weighted by atomic mass is 32.1. The Morgan fingerprint density at radius 1 is 1.32 bits per heavy atom. The summed E-state index contributed by atoms with van der Waals surface area (Å²) in [6, 6.07) is 9.49. The number of benzene rings is 1. The van der Waals surface area contributed by atoms with Gasteiger partial charge in [0, 0.05) is 0 Å². The Balaban J connectivity index is 2.20. The van der Waals surface area contributed by atoms with E-state index >= 15 is 0 Å². The monoisotopic (exact) mass is 315 g/mol. The van der Waals surface area contributed by atoms with Crippen molar-refractivity contribution in [3.63, 3.8) is 0 Å². The van der Waals surface area contributed by atoms with E-state index in [1.54, 1.807) is 13.2 Å². The van der Waals surface area contributed by atoms with Crippen LogP contribution in [0.25, 0.3) is 11.6 Å². The van der Waals surface area contributed by atoms with Gasteiger partial charge in [-0.3, -0.25) is 10.3 Å². The van der Waals surface area contributed by atoms with Crippen molar-refractivity contribution in [1.29, 1.82) is 5.26 Å². The van der Waals surface area contributed by atoms with E-state index in [-0.39, 0.29) is 0 Å². The molecule has 0 spiro atoms. The van der Waals surface area contributed by atoms with E-state index in [0.717, 1.165) is 11.3 Å². The number of nitrogens with one attached hydrogen (secondary N) is 1. The molecule has 0 atom stereocenters. The van der Waals surface area contributed by atoms with Crippen molar-refractivity contribution < 1.29 is 9.57 Å². The summed E-state index contributed by atoms with van der Waals surface area (Å²) >= 11 is 1.21. The lowest BCUT2D eigenvalue weighted by molar-refractivity contribution is 0.148. The van der Waals surface area contributed by atoms with Gasteiger partial charge in [-0.1, -0.05) is 23.5 Å². The van der Waals surface area contributed by atoms with E-state index in [0.29, 0.717) is 15.7 Å². The Morgan fingerprint density at radius 2 is 2.09 bits per heavy atom. The first kappa shape index (κ1) is 15.6. The van der Waals surface area contributed by atoms with Gasteiger partial charge in [0.2, 0.25) is 5.13 Å². The summed E-state index contributed by atoms with van der Waals surface area (Å²) in [4.78, 5) is 8.61. The Kier molecular flexibility index (Phi) is 5.59. The molecule has 22 heavy (non-hydrogen) atoms. The number of aliphatic imine (C=N–C) groups is 1. The molecule has 7 nitrogen and oxygen atoms in total. The van der Waals surface area contributed by atoms with Crippen LogP contribution in [-0.4, -0.2) is 30.8 Å². The Hall–Kier alpha value is -2.76. The predicted octanol–water partition coefficient (Wildman–Crippen LogP) is 2.42. The van der Waals surface area contributed by atoms with Crippen molar-refractivity contribution in [3.05, 3.63) is 34.8 Å². The molecule has 0 amide bonds. The second-order valence-electron chi connectivity index (χ2n) is 3.91. The van der Waals surface area contributed by atoms with Gasteiger partial charge in [0.1, 0.15) is 18.2 Å². The van der Waals surface area contributed by atoms with Crippen LogP contribution in [0.15, 0.2) is 29.3 Å². The van der Waals surface area contributed by atoms with E-state index in [1.165, 1.54) is 24.8 Å². The van der Waals surface area contributed by atoms with Gasteiger partial charge >= 0.3 is 0 Å². The summed E-state index contributed by atoms with van der Waals surface area (Å²) in [6.45, 7) is 0. The summed E-state index contributed by atoms with van der Waals surface area (Å²) in [5.74, 6) is 0.758. The Morgan fingerprint density at radius 3 is 2.73 bits per heavy atom. The minimum absolute atomic E-state index is 0.420. The molecule has 0 radical (unpaired) electrons. The number of allylic oxidation sites excluding steroid dienone is 1. The maximum Gasteiger partial charge on any atom is 0.233 e. The van der Waals surface area contributed by atoms with Gasteiger partial charge in [-0.15, -0.1) is 10.2 Å². The maximum atomic E-state index is 9.29. The maximum absolute atomic E-state index is 9.29. The molecule has 0 bridgehead atoms. The number of ether oxygens (including phenoxy) is 1. The summed E-state index contributed by atoms with van der Waals surface area (Å²) in [5.41, 5.74) is 3.75. The molecule has 112 valence electrons. The van der Waals surface area contributed by atoms with Crippen molar-refractivity contribution in [3.8, 4) is 11.8 Å². The minimum Gasteiger partial charge on any atom is -0.497 e. The van der Waals surface area contributed by atoms with Gasteiger partial charge in [0.15, 0.2) is 5.01 Å². The molecule has 0 unspecified atom stereocenters. The number of nitriles is 1. The summed E-state index contributed by atoms with van der Waals surface area (Å²) in [5, 5.41) is 18.1. The molecule has 0 aliphatic carbocycles. The molecule has 1 N–H and O–H groups in total. The SMILES string of the molecule is CON/C=N/c1nnc(C(C#N)=Cc2ccc(OC)cc2)s1. The largest absolute Gasteiger partial charge is 0.497 e. The van der Waals surface area contributed by atoms with Crippen LogP contribution in [0.1, 0.15) is 10.6 Å². The molecule has 1 aromatic carbocycles. The molecule has 2 aromatic rings. The van der Waals surface area contributed by atoms with Crippen molar-refractivity contribution >= 4 is 34.5 Å². The number of rotatable bonds is 6. The second kappa shape index (κ2) is 7.87. The Labute approximate surface area is 131 Å². The number of nitrogens with zero attached hydrogens (tertiary/aromatic N) is 4. The van der Waals surface area contributed by atoms with Crippen LogP contribution in [0.2, 0.25) is 0 Å². The van der Waals surface area contributed by atoms with Crippen LogP contribution in [0, 0.1) is 11.3 Å². The molecule has 0 saturated heterocycles. The van der Waals surface area contributed by atoms with Gasteiger partial charge in [0.05, 0.1) is 19.8 Å². The molecule has 1 heterocycles. The average molecular weight is 315 g/mol. The first-order chi connectivity index (χ1) is 10.8. The molecular formula is C14H13N5O2S. The third-order valence-electron chi connectivity index (χ3n) is 2.54. The second-order valence-corrected chi connectivity index (χ2v) is 4.87. The van der Waals surface area contributed by atoms with Crippen molar-refractivity contribution in [2.75, 3.05) is 14.2 Å². The van der Waals surface area contributed by atoms with E-state index < -0.39 is 0 Å². The van der Waals surface area contributed by atoms with Gasteiger partial charge in [-0.05, 0) is 23.8 Å². The number of methoxy groups -OCH3 is 1. The summed E-state index contributed by atoms with van der Waals surface area (Å²) in [7, 11) is 3.08. The average Bonchev–Trinajstić information content (AvgIpc) is 3.02. The molecule has 2 rings (SSSR count). The van der Waals surface area contributed by atoms with E-state index in [9.17, 15) is 5.26 Å². The van der Waals surface area contributed by atoms with Crippen molar-refractivity contribution in [1.82, 2.24) is 15.7 Å². The van der Waals surface area contributed by atoms with Gasteiger partial charge in [-0.2, -0.15) is 5.26 Å². The van der Waals surface area contributed by atoms with Gasteiger partial charge in [0.25, 0.3) is 0 Å². The standard InChI is InChI=1S/C14H13N5O2S/c1-20-12-5-3-10(4-6-12)7-11(8-15)13-18-19-14(22-13)16-9-17-21-2/h3-7,9H,1-2H3,(H,16,17,19). The van der Waals surface area contributed by atoms with Crippen LogP contribution in [0.3, 0.4) is 0 Å². The van der Waals surface area contributed by atoms with E-state index in [1.807, 2.05) is 24.3 Å². The lowest BCUT2D eigenvalue weighted by atomic mass is 10.1. The first-order valence-corrected chi connectivity index (χ1v) is 6.99. The number of hydrogen-bond donors (Lipinski definition) is 1. The zero-order valence-corrected chi connectivity index (χ0v) is 12.8. The molecular weight excluding hydrogens is 302 g/mol. The summed E-state index contributed by atoms with van der Waals surface area (Å²) < 4.78 is 5.10. The number of hydrogen-bond acceptors (Lipinski definition) is 7. The third kappa shape index (κ3) is 4.12. The highest BCUT2D eigenvalue weighted by Gasteiger charge is 2.08.